The molecule has 0 spiro atoms. The Morgan fingerprint density at radius 1 is 1.44 bits per heavy atom. The van der Waals surface area contributed by atoms with Crippen molar-refractivity contribution >= 4 is 16.7 Å². The lowest BCUT2D eigenvalue weighted by Gasteiger charge is -2.07. The third-order valence-electron chi connectivity index (χ3n) is 2.45. The first-order chi connectivity index (χ1) is 7.63. The number of carboxylic acids is 1. The van der Waals surface area contributed by atoms with E-state index >= 15 is 0 Å². The largest absolute Gasteiger partial charge is 0.481 e. The molecule has 0 saturated carbocycles. The zero-order valence-corrected chi connectivity index (χ0v) is 9.02. The number of aromatic carboxylic acids is 1. The molecule has 1 N–H and O–H groups in total. The van der Waals surface area contributed by atoms with Gasteiger partial charge in [-0.3, -0.25) is 0 Å². The van der Waals surface area contributed by atoms with Crippen molar-refractivity contribution in [1.82, 2.24) is 4.98 Å². The SMILES string of the molecule is COc1cc2cccc(C(=O)O)c2c(C)n1. The maximum absolute atomic E-state index is 11.1. The van der Waals surface area contributed by atoms with E-state index in [9.17, 15) is 4.79 Å². The first-order valence-corrected chi connectivity index (χ1v) is 4.81. The zero-order chi connectivity index (χ0) is 11.7. The summed E-state index contributed by atoms with van der Waals surface area (Å²) in [7, 11) is 1.54. The number of benzene rings is 1. The maximum atomic E-state index is 11.1. The van der Waals surface area contributed by atoms with Gasteiger partial charge in [-0.25, -0.2) is 9.78 Å². The second kappa shape index (κ2) is 3.81. The fraction of sp³-hybridized carbons (Fsp3) is 0.167. The number of rotatable bonds is 2. The number of ether oxygens (including phenoxy) is 1. The summed E-state index contributed by atoms with van der Waals surface area (Å²) in [5.41, 5.74) is 0.928. The lowest BCUT2D eigenvalue weighted by molar-refractivity contribution is 0.0699. The van der Waals surface area contributed by atoms with Gasteiger partial charge in [0.2, 0.25) is 5.88 Å². The van der Waals surface area contributed by atoms with E-state index < -0.39 is 5.97 Å². The highest BCUT2D eigenvalue weighted by atomic mass is 16.5. The number of methoxy groups -OCH3 is 1. The highest BCUT2D eigenvalue weighted by Gasteiger charge is 2.12. The highest BCUT2D eigenvalue weighted by molar-refractivity contribution is 6.04. The van der Waals surface area contributed by atoms with Gasteiger partial charge in [0.05, 0.1) is 18.4 Å². The molecule has 0 aliphatic carbocycles. The van der Waals surface area contributed by atoms with Crippen LogP contribution in [0.15, 0.2) is 24.3 Å². The van der Waals surface area contributed by atoms with Crippen LogP contribution in [0.2, 0.25) is 0 Å². The average Bonchev–Trinajstić information content (AvgIpc) is 2.27. The maximum Gasteiger partial charge on any atom is 0.336 e. The second-order valence-corrected chi connectivity index (χ2v) is 3.46. The Kier molecular flexibility index (Phi) is 2.48. The average molecular weight is 217 g/mol. The Labute approximate surface area is 92.5 Å². The summed E-state index contributed by atoms with van der Waals surface area (Å²) in [6, 6.07) is 6.87. The van der Waals surface area contributed by atoms with E-state index in [2.05, 4.69) is 4.98 Å². The molecule has 4 nitrogen and oxygen atoms in total. The molecule has 4 heteroatoms. The Morgan fingerprint density at radius 2 is 2.19 bits per heavy atom. The van der Waals surface area contributed by atoms with Crippen molar-refractivity contribution in [1.29, 1.82) is 0 Å². The predicted molar refractivity (Wildman–Crippen MR) is 60.0 cm³/mol. The van der Waals surface area contributed by atoms with E-state index in [4.69, 9.17) is 9.84 Å². The van der Waals surface area contributed by atoms with Crippen LogP contribution in [-0.2, 0) is 0 Å². The molecule has 0 saturated heterocycles. The first kappa shape index (κ1) is 10.4. The summed E-state index contributed by atoms with van der Waals surface area (Å²) in [6.07, 6.45) is 0. The standard InChI is InChI=1S/C12H11NO3/c1-7-11-8(6-10(13-7)16-2)4-3-5-9(11)12(14)15/h3-6H,1-2H3,(H,14,15). The molecule has 2 aromatic rings. The van der Waals surface area contributed by atoms with Gasteiger partial charge < -0.3 is 9.84 Å². The minimum atomic E-state index is -0.944. The van der Waals surface area contributed by atoms with Gasteiger partial charge in [0.25, 0.3) is 0 Å². The van der Waals surface area contributed by atoms with Crippen LogP contribution in [0.25, 0.3) is 10.8 Å². The third-order valence-corrected chi connectivity index (χ3v) is 2.45. The van der Waals surface area contributed by atoms with E-state index in [1.807, 2.05) is 6.07 Å². The first-order valence-electron chi connectivity index (χ1n) is 4.81. The molecule has 1 heterocycles. The summed E-state index contributed by atoms with van der Waals surface area (Å²) in [5, 5.41) is 10.6. The van der Waals surface area contributed by atoms with Crippen molar-refractivity contribution in [2.24, 2.45) is 0 Å². The number of pyridine rings is 1. The van der Waals surface area contributed by atoms with Crippen LogP contribution in [0.1, 0.15) is 16.1 Å². The molecule has 2 rings (SSSR count). The molecule has 0 atom stereocenters. The van der Waals surface area contributed by atoms with Gasteiger partial charge in [0.15, 0.2) is 0 Å². The van der Waals surface area contributed by atoms with Crippen molar-refractivity contribution in [3.05, 3.63) is 35.5 Å². The summed E-state index contributed by atoms with van der Waals surface area (Å²) >= 11 is 0. The number of aromatic nitrogens is 1. The van der Waals surface area contributed by atoms with Crippen molar-refractivity contribution in [3.63, 3.8) is 0 Å². The van der Waals surface area contributed by atoms with Gasteiger partial charge in [-0.05, 0) is 18.4 Å². The summed E-state index contributed by atoms with van der Waals surface area (Å²) in [5.74, 6) is -0.451. The van der Waals surface area contributed by atoms with E-state index in [0.717, 1.165) is 5.39 Å². The van der Waals surface area contributed by atoms with Gasteiger partial charge in [0, 0.05) is 11.5 Å². The van der Waals surface area contributed by atoms with Crippen LogP contribution < -0.4 is 4.74 Å². The molecule has 0 unspecified atom stereocenters. The Balaban J connectivity index is 2.83. The fourth-order valence-corrected chi connectivity index (χ4v) is 1.76. The molecule has 0 aliphatic rings. The third kappa shape index (κ3) is 1.58. The van der Waals surface area contributed by atoms with E-state index in [0.29, 0.717) is 17.0 Å². The molecule has 0 bridgehead atoms. The van der Waals surface area contributed by atoms with Crippen molar-refractivity contribution in [2.75, 3.05) is 7.11 Å². The highest BCUT2D eigenvalue weighted by Crippen LogP contribution is 2.24. The molecule has 0 radical (unpaired) electrons. The molecule has 0 amide bonds. The lowest BCUT2D eigenvalue weighted by Crippen LogP contribution is -2.00. The molecule has 16 heavy (non-hydrogen) atoms. The van der Waals surface area contributed by atoms with Gasteiger partial charge in [-0.2, -0.15) is 0 Å². The molecular weight excluding hydrogens is 206 g/mol. The number of carboxylic acid groups (broad SMARTS) is 1. The molecular formula is C12H11NO3. The molecule has 0 aliphatic heterocycles. The Morgan fingerprint density at radius 3 is 2.81 bits per heavy atom. The van der Waals surface area contributed by atoms with Crippen LogP contribution in [0.5, 0.6) is 5.88 Å². The zero-order valence-electron chi connectivity index (χ0n) is 9.02. The van der Waals surface area contributed by atoms with Crippen LogP contribution in [0.3, 0.4) is 0 Å². The van der Waals surface area contributed by atoms with Crippen LogP contribution in [0.4, 0.5) is 0 Å². The fourth-order valence-electron chi connectivity index (χ4n) is 1.76. The number of hydrogen-bond donors (Lipinski definition) is 1. The quantitative estimate of drug-likeness (QED) is 0.838. The van der Waals surface area contributed by atoms with E-state index in [-0.39, 0.29) is 5.56 Å². The van der Waals surface area contributed by atoms with Crippen molar-refractivity contribution in [2.45, 2.75) is 6.92 Å². The number of nitrogens with zero attached hydrogens (tertiary/aromatic N) is 1. The van der Waals surface area contributed by atoms with E-state index in [1.165, 1.54) is 7.11 Å². The lowest BCUT2D eigenvalue weighted by atomic mass is 10.0. The number of hydrogen-bond acceptors (Lipinski definition) is 3. The second-order valence-electron chi connectivity index (χ2n) is 3.46. The van der Waals surface area contributed by atoms with Gasteiger partial charge in [-0.1, -0.05) is 12.1 Å². The van der Waals surface area contributed by atoms with Crippen LogP contribution in [-0.4, -0.2) is 23.2 Å². The number of aryl methyl sites for hydroxylation is 1. The van der Waals surface area contributed by atoms with Crippen LogP contribution in [0, 0.1) is 6.92 Å². The number of fused-ring (bicyclic) bond motifs is 1. The van der Waals surface area contributed by atoms with Gasteiger partial charge in [-0.15, -0.1) is 0 Å². The summed E-state index contributed by atoms with van der Waals surface area (Å²) < 4.78 is 5.04. The van der Waals surface area contributed by atoms with Crippen LogP contribution >= 0.6 is 0 Å². The summed E-state index contributed by atoms with van der Waals surface area (Å²) in [6.45, 7) is 1.78. The minimum absolute atomic E-state index is 0.269. The number of carbonyl (C=O) groups is 1. The summed E-state index contributed by atoms with van der Waals surface area (Å²) in [4.78, 5) is 15.2. The monoisotopic (exact) mass is 217 g/mol. The Bertz CT molecular complexity index is 563. The normalized spacial score (nSPS) is 10.4. The topological polar surface area (TPSA) is 59.4 Å². The molecule has 1 aromatic carbocycles. The predicted octanol–water partition coefficient (Wildman–Crippen LogP) is 2.25. The molecule has 0 fully saturated rings. The minimum Gasteiger partial charge on any atom is -0.481 e. The molecule has 1 aromatic heterocycles. The Hall–Kier alpha value is -2.10. The van der Waals surface area contributed by atoms with Gasteiger partial charge >= 0.3 is 5.97 Å². The molecule has 82 valence electrons. The smallest absolute Gasteiger partial charge is 0.336 e. The van der Waals surface area contributed by atoms with E-state index in [1.54, 1.807) is 25.1 Å². The van der Waals surface area contributed by atoms with Gasteiger partial charge in [0.1, 0.15) is 0 Å². The van der Waals surface area contributed by atoms with Crippen molar-refractivity contribution < 1.29 is 14.6 Å². The van der Waals surface area contributed by atoms with Crippen molar-refractivity contribution in [3.8, 4) is 5.88 Å².